The number of fused-ring (bicyclic) bond motifs is 1. The van der Waals surface area contributed by atoms with Crippen LogP contribution in [0.3, 0.4) is 0 Å². The summed E-state index contributed by atoms with van der Waals surface area (Å²) in [5.41, 5.74) is 1.37. The molecule has 0 bridgehead atoms. The maximum atomic E-state index is 13.8. The van der Waals surface area contributed by atoms with E-state index in [-0.39, 0.29) is 24.0 Å². The van der Waals surface area contributed by atoms with Crippen molar-refractivity contribution in [3.8, 4) is 0 Å². The first-order valence-corrected chi connectivity index (χ1v) is 12.9. The van der Waals surface area contributed by atoms with E-state index in [0.717, 1.165) is 0 Å². The summed E-state index contributed by atoms with van der Waals surface area (Å²) in [6.45, 7) is 6.72. The molecule has 1 unspecified atom stereocenters. The van der Waals surface area contributed by atoms with Gasteiger partial charge in [0.1, 0.15) is 6.04 Å². The molecule has 36 heavy (non-hydrogen) atoms. The normalized spacial score (nSPS) is 16.4. The highest BCUT2D eigenvalue weighted by atomic mass is 32.2. The fourth-order valence-electron chi connectivity index (χ4n) is 3.51. The summed E-state index contributed by atoms with van der Waals surface area (Å²) in [5.74, 6) is -1.35. The third-order valence-electron chi connectivity index (χ3n) is 5.58. The number of hydrogen-bond donors (Lipinski definition) is 2. The summed E-state index contributed by atoms with van der Waals surface area (Å²) >= 11 is 1.34. The van der Waals surface area contributed by atoms with E-state index in [9.17, 15) is 19.2 Å². The molecule has 1 aromatic heterocycles. The number of Topliss-reactive ketones (excluding diaryl/α,β-unsaturated/α-hetero) is 1. The van der Waals surface area contributed by atoms with Crippen LogP contribution in [-0.2, 0) is 19.2 Å². The third-order valence-corrected chi connectivity index (χ3v) is 6.13. The molecule has 1 aliphatic rings. The van der Waals surface area contributed by atoms with Gasteiger partial charge in [0, 0.05) is 17.2 Å². The topological polar surface area (TPSA) is 121 Å². The lowest BCUT2D eigenvalue weighted by atomic mass is 9.90. The van der Waals surface area contributed by atoms with Crippen molar-refractivity contribution < 1.29 is 19.2 Å². The van der Waals surface area contributed by atoms with E-state index < -0.39 is 29.4 Å². The molecule has 0 spiro atoms. The second-order valence-corrected chi connectivity index (χ2v) is 10.3. The third kappa shape index (κ3) is 6.37. The maximum Gasteiger partial charge on any atom is 0.272 e. The number of carbonyl (C=O) groups is 4. The zero-order valence-electron chi connectivity index (χ0n) is 21.1. The van der Waals surface area contributed by atoms with Gasteiger partial charge in [0.2, 0.25) is 18.0 Å². The highest BCUT2D eigenvalue weighted by Gasteiger charge is 2.36. The molecular formula is C26H31N5O4S. The van der Waals surface area contributed by atoms with E-state index >= 15 is 0 Å². The Morgan fingerprint density at radius 3 is 2.44 bits per heavy atom. The van der Waals surface area contributed by atoms with Crippen LogP contribution in [0.2, 0.25) is 0 Å². The van der Waals surface area contributed by atoms with Crippen LogP contribution in [0.4, 0.5) is 5.69 Å². The molecule has 2 atom stereocenters. The second kappa shape index (κ2) is 11.5. The Bertz CT molecular complexity index is 1180. The van der Waals surface area contributed by atoms with Crippen molar-refractivity contribution in [3.63, 3.8) is 0 Å². The SMILES string of the molecule is CSCC(=O)N[C@@H](C)C(=O)NC1N=C(c2ccccn2)c2ccccc2N(CC(=O)C(C)(C)C)C1=O. The van der Waals surface area contributed by atoms with Crippen LogP contribution in [0.1, 0.15) is 39.0 Å². The second-order valence-electron chi connectivity index (χ2n) is 9.44. The van der Waals surface area contributed by atoms with Gasteiger partial charge in [-0.1, -0.05) is 45.0 Å². The predicted octanol–water partition coefficient (Wildman–Crippen LogP) is 2.19. The van der Waals surface area contributed by atoms with E-state index in [1.165, 1.54) is 23.6 Å². The molecule has 1 aromatic carbocycles. The smallest absolute Gasteiger partial charge is 0.272 e. The Labute approximate surface area is 215 Å². The van der Waals surface area contributed by atoms with Gasteiger partial charge in [-0.2, -0.15) is 11.8 Å². The molecule has 0 radical (unpaired) electrons. The summed E-state index contributed by atoms with van der Waals surface area (Å²) in [6.07, 6.45) is 2.08. The van der Waals surface area contributed by atoms with Crippen molar-refractivity contribution >= 4 is 46.7 Å². The Morgan fingerprint density at radius 1 is 1.11 bits per heavy atom. The number of ketones is 1. The molecule has 0 saturated heterocycles. The zero-order valence-corrected chi connectivity index (χ0v) is 21.9. The van der Waals surface area contributed by atoms with Crippen LogP contribution in [0.25, 0.3) is 0 Å². The van der Waals surface area contributed by atoms with Crippen LogP contribution in [0, 0.1) is 5.41 Å². The number of aromatic nitrogens is 1. The van der Waals surface area contributed by atoms with Crippen molar-refractivity contribution in [3.05, 3.63) is 59.9 Å². The number of pyridine rings is 1. The molecule has 2 N–H and O–H groups in total. The highest BCUT2D eigenvalue weighted by molar-refractivity contribution is 7.99. The number of nitrogens with one attached hydrogen (secondary N) is 2. The standard InChI is InChI=1S/C26H31N5O4S/c1-16(28-21(33)15-36-5)24(34)30-23-25(35)31(14-20(32)26(2,3)4)19-12-7-6-10-17(19)22(29-23)18-11-8-9-13-27-18/h6-13,16,23H,14-15H2,1-5H3,(H,28,33)(H,30,34)/t16-,23?/m0/s1. The minimum Gasteiger partial charge on any atom is -0.344 e. The summed E-state index contributed by atoms with van der Waals surface area (Å²) < 4.78 is 0. The van der Waals surface area contributed by atoms with E-state index in [4.69, 9.17) is 0 Å². The summed E-state index contributed by atoms with van der Waals surface area (Å²) in [5, 5.41) is 5.27. The largest absolute Gasteiger partial charge is 0.344 e. The van der Waals surface area contributed by atoms with Crippen LogP contribution in [-0.4, -0.2) is 65.0 Å². The minimum atomic E-state index is -1.32. The summed E-state index contributed by atoms with van der Waals surface area (Å²) in [6, 6.07) is 11.6. The number of carbonyl (C=O) groups excluding carboxylic acids is 4. The van der Waals surface area contributed by atoms with Crippen LogP contribution < -0.4 is 15.5 Å². The number of aliphatic imine (C=N–C) groups is 1. The van der Waals surface area contributed by atoms with Gasteiger partial charge in [0.15, 0.2) is 5.78 Å². The Balaban J connectivity index is 2.05. The molecule has 2 aromatic rings. The lowest BCUT2D eigenvalue weighted by Crippen LogP contribution is -2.54. The van der Waals surface area contributed by atoms with Crippen molar-refractivity contribution in [2.45, 2.75) is 39.9 Å². The number of para-hydroxylation sites is 1. The van der Waals surface area contributed by atoms with E-state index in [1.54, 1.807) is 69.6 Å². The van der Waals surface area contributed by atoms with Gasteiger partial charge in [-0.25, -0.2) is 4.99 Å². The number of rotatable bonds is 8. The Morgan fingerprint density at radius 2 is 1.81 bits per heavy atom. The maximum absolute atomic E-state index is 13.8. The van der Waals surface area contributed by atoms with Gasteiger partial charge in [-0.3, -0.25) is 24.2 Å². The number of nitrogens with zero attached hydrogens (tertiary/aromatic N) is 3. The fraction of sp³-hybridized carbons (Fsp3) is 0.385. The van der Waals surface area contributed by atoms with Gasteiger partial charge in [0.05, 0.1) is 29.4 Å². The monoisotopic (exact) mass is 509 g/mol. The van der Waals surface area contributed by atoms with Gasteiger partial charge in [-0.15, -0.1) is 0 Å². The average molecular weight is 510 g/mol. The van der Waals surface area contributed by atoms with Crippen molar-refractivity contribution in [1.29, 1.82) is 0 Å². The molecule has 2 heterocycles. The number of benzodiazepines with no additional fused rings is 1. The van der Waals surface area contributed by atoms with E-state index in [2.05, 4.69) is 20.6 Å². The van der Waals surface area contributed by atoms with Gasteiger partial charge in [0.25, 0.3) is 5.91 Å². The molecule has 1 aliphatic heterocycles. The molecule has 9 nitrogen and oxygen atoms in total. The predicted molar refractivity (Wildman–Crippen MR) is 141 cm³/mol. The first-order chi connectivity index (χ1) is 17.0. The molecule has 3 amide bonds. The van der Waals surface area contributed by atoms with Gasteiger partial charge >= 0.3 is 0 Å². The lowest BCUT2D eigenvalue weighted by molar-refractivity contribution is -0.131. The molecule has 3 rings (SSSR count). The molecule has 0 saturated carbocycles. The number of benzene rings is 1. The molecular weight excluding hydrogens is 478 g/mol. The molecule has 0 fully saturated rings. The number of anilines is 1. The summed E-state index contributed by atoms with van der Waals surface area (Å²) in [7, 11) is 0. The van der Waals surface area contributed by atoms with Crippen molar-refractivity contribution in [2.75, 3.05) is 23.5 Å². The first-order valence-electron chi connectivity index (χ1n) is 11.5. The number of thioether (sulfide) groups is 1. The van der Waals surface area contributed by atoms with Gasteiger partial charge in [-0.05, 0) is 31.4 Å². The van der Waals surface area contributed by atoms with Crippen molar-refractivity contribution in [1.82, 2.24) is 15.6 Å². The van der Waals surface area contributed by atoms with Crippen molar-refractivity contribution in [2.24, 2.45) is 10.4 Å². The lowest BCUT2D eigenvalue weighted by Gasteiger charge is -2.28. The fourth-order valence-corrected chi connectivity index (χ4v) is 3.86. The van der Waals surface area contributed by atoms with E-state index in [0.29, 0.717) is 22.7 Å². The van der Waals surface area contributed by atoms with Crippen LogP contribution >= 0.6 is 11.8 Å². The number of hydrogen-bond acceptors (Lipinski definition) is 7. The molecule has 190 valence electrons. The van der Waals surface area contributed by atoms with Gasteiger partial charge < -0.3 is 15.5 Å². The van der Waals surface area contributed by atoms with Crippen LogP contribution in [0.15, 0.2) is 53.7 Å². The van der Waals surface area contributed by atoms with E-state index in [1.807, 2.05) is 6.07 Å². The molecule has 0 aliphatic carbocycles. The Kier molecular flexibility index (Phi) is 8.62. The average Bonchev–Trinajstić information content (AvgIpc) is 2.94. The highest BCUT2D eigenvalue weighted by Crippen LogP contribution is 2.29. The summed E-state index contributed by atoms with van der Waals surface area (Å²) in [4.78, 5) is 62.1. The number of amides is 3. The first kappa shape index (κ1) is 27.1. The van der Waals surface area contributed by atoms with Crippen LogP contribution in [0.5, 0.6) is 0 Å². The molecule has 10 heteroatoms. The Hall–Kier alpha value is -3.53. The quantitative estimate of drug-likeness (QED) is 0.563. The minimum absolute atomic E-state index is 0.144. The zero-order chi connectivity index (χ0) is 26.5.